The number of rotatable bonds is 10. The van der Waals surface area contributed by atoms with Crippen LogP contribution in [0.15, 0.2) is 71.0 Å². The Balaban J connectivity index is 1.63. The van der Waals surface area contributed by atoms with Crippen LogP contribution in [0.25, 0.3) is 0 Å². The normalized spacial score (nSPS) is 23.1. The molecule has 0 radical (unpaired) electrons. The minimum Gasteiger partial charge on any atom is -0.321 e. The smallest absolute Gasteiger partial charge is 0.321 e. The summed E-state index contributed by atoms with van der Waals surface area (Å²) < 4.78 is 0. The Morgan fingerprint density at radius 2 is 1.92 bits per heavy atom. The molecule has 1 saturated heterocycles. The fraction of sp³-hybridized carbons (Fsp3) is 0.606. The zero-order valence-electron chi connectivity index (χ0n) is 25.4. The van der Waals surface area contributed by atoms with E-state index in [2.05, 4.69) is 85.6 Å². The molecule has 0 aromatic heterocycles. The third kappa shape index (κ3) is 7.84. The topological polar surface area (TPSA) is 64.8 Å². The molecule has 0 spiro atoms. The zero-order chi connectivity index (χ0) is 28.6. The van der Waals surface area contributed by atoms with Gasteiger partial charge in [0.25, 0.3) is 0 Å². The summed E-state index contributed by atoms with van der Waals surface area (Å²) in [7, 11) is 0. The zero-order valence-corrected chi connectivity index (χ0v) is 25.4. The standard InChI is InChI=1S/C33H53N5O/c1-8-11-15-30-18-22-37(32(39)35-26(30)5)31-17-13-20-36(21-19-31)33(6,7)38(34)25(4)23-27-14-12-16-28(9-2)29(10-3)24-27/h8,11,14-16,24-25,31H,1,9-10,12-13,17-23,34H2,2-7H3,(H,35,39)/b15-11-/t25-,31?/m0/s1. The molecule has 0 bridgehead atoms. The maximum Gasteiger partial charge on any atom is 0.321 e. The van der Waals surface area contributed by atoms with E-state index in [0.29, 0.717) is 0 Å². The molecule has 0 aromatic rings. The molecule has 0 aromatic carbocycles. The second kappa shape index (κ2) is 14.3. The fourth-order valence-corrected chi connectivity index (χ4v) is 6.36. The van der Waals surface area contributed by atoms with Gasteiger partial charge < -0.3 is 10.2 Å². The molecule has 3 rings (SSSR count). The first-order chi connectivity index (χ1) is 18.6. The van der Waals surface area contributed by atoms with E-state index in [1.165, 1.54) is 22.3 Å². The van der Waals surface area contributed by atoms with Crippen LogP contribution in [0.5, 0.6) is 0 Å². The Bertz CT molecular complexity index is 1030. The summed E-state index contributed by atoms with van der Waals surface area (Å²) in [6, 6.07) is 0.465. The van der Waals surface area contributed by atoms with Gasteiger partial charge in [-0.05, 0) is 108 Å². The van der Waals surface area contributed by atoms with Gasteiger partial charge in [-0.1, -0.05) is 56.9 Å². The van der Waals surface area contributed by atoms with Crippen molar-refractivity contribution in [2.45, 2.75) is 111 Å². The summed E-state index contributed by atoms with van der Waals surface area (Å²) in [5.41, 5.74) is 6.15. The molecule has 2 amide bonds. The first-order valence-corrected chi connectivity index (χ1v) is 15.1. The average Bonchev–Trinajstić information content (AvgIpc) is 3.33. The van der Waals surface area contributed by atoms with Crippen molar-refractivity contribution in [3.63, 3.8) is 0 Å². The number of carbonyl (C=O) groups is 1. The Morgan fingerprint density at radius 3 is 2.62 bits per heavy atom. The summed E-state index contributed by atoms with van der Waals surface area (Å²) in [5, 5.41) is 5.19. The molecule has 1 aliphatic carbocycles. The molecular weight excluding hydrogens is 482 g/mol. The van der Waals surface area contributed by atoms with Gasteiger partial charge in [-0.15, -0.1) is 0 Å². The molecule has 3 N–H and O–H groups in total. The van der Waals surface area contributed by atoms with Gasteiger partial charge in [0.2, 0.25) is 0 Å². The molecule has 6 nitrogen and oxygen atoms in total. The maximum absolute atomic E-state index is 13.1. The van der Waals surface area contributed by atoms with Gasteiger partial charge in [0.1, 0.15) is 0 Å². The van der Waals surface area contributed by atoms with E-state index < -0.39 is 0 Å². The highest BCUT2D eigenvalue weighted by Gasteiger charge is 2.37. The van der Waals surface area contributed by atoms with Crippen LogP contribution in [-0.2, 0) is 0 Å². The summed E-state index contributed by atoms with van der Waals surface area (Å²) in [4.78, 5) is 17.7. The number of urea groups is 1. The van der Waals surface area contributed by atoms with Crippen LogP contribution < -0.4 is 11.2 Å². The minimum atomic E-state index is -0.286. The van der Waals surface area contributed by atoms with Crippen LogP contribution in [0, 0.1) is 0 Å². The summed E-state index contributed by atoms with van der Waals surface area (Å²) in [5.74, 6) is 6.88. The summed E-state index contributed by atoms with van der Waals surface area (Å²) >= 11 is 0. The van der Waals surface area contributed by atoms with Crippen molar-refractivity contribution in [3.05, 3.63) is 71.0 Å². The van der Waals surface area contributed by atoms with Crippen LogP contribution in [0.3, 0.4) is 0 Å². The number of allylic oxidation sites excluding steroid dienone is 9. The second-order valence-electron chi connectivity index (χ2n) is 11.8. The van der Waals surface area contributed by atoms with Crippen LogP contribution in [0.1, 0.15) is 92.9 Å². The number of hydrogen-bond acceptors (Lipinski definition) is 4. The number of likely N-dealkylation sites (tertiary alicyclic amines) is 1. The lowest BCUT2D eigenvalue weighted by molar-refractivity contribution is -0.0546. The predicted octanol–water partition coefficient (Wildman–Crippen LogP) is 6.97. The van der Waals surface area contributed by atoms with Crippen LogP contribution in [-0.4, -0.2) is 58.2 Å². The van der Waals surface area contributed by atoms with Gasteiger partial charge in [0.05, 0.1) is 5.66 Å². The van der Waals surface area contributed by atoms with E-state index >= 15 is 0 Å². The Kier molecular flexibility index (Phi) is 11.4. The Morgan fingerprint density at radius 1 is 1.18 bits per heavy atom. The van der Waals surface area contributed by atoms with Crippen molar-refractivity contribution in [3.8, 4) is 0 Å². The van der Waals surface area contributed by atoms with Gasteiger partial charge >= 0.3 is 6.03 Å². The number of carbonyl (C=O) groups excluding carboxylic acids is 1. The lowest BCUT2D eigenvalue weighted by Crippen LogP contribution is -2.62. The van der Waals surface area contributed by atoms with E-state index in [9.17, 15) is 4.79 Å². The van der Waals surface area contributed by atoms with Gasteiger partial charge in [0, 0.05) is 30.9 Å². The third-order valence-corrected chi connectivity index (χ3v) is 8.92. The lowest BCUT2D eigenvalue weighted by Gasteiger charge is -2.47. The highest BCUT2D eigenvalue weighted by Crippen LogP contribution is 2.30. The van der Waals surface area contributed by atoms with Gasteiger partial charge in [-0.3, -0.25) is 10.7 Å². The quantitative estimate of drug-likeness (QED) is 0.180. The number of hydrazine groups is 1. The highest BCUT2D eigenvalue weighted by molar-refractivity contribution is 5.77. The SMILES string of the molecule is C=C/C=C\C1=C(C)NC(=O)N(C2CCCN(C(C)(C)N(N)[C@@H](C)CC3=CCC=C(CC)C(CC)=C3)CC2)CC1. The van der Waals surface area contributed by atoms with E-state index in [1.54, 1.807) is 6.08 Å². The number of nitrogens with two attached hydrogens (primary N) is 1. The van der Waals surface area contributed by atoms with Crippen LogP contribution >= 0.6 is 0 Å². The first kappa shape index (κ1) is 31.1. The number of nitrogens with zero attached hydrogens (tertiary/aromatic N) is 3. The molecular formula is C33H53N5O. The molecule has 3 aliphatic rings. The average molecular weight is 536 g/mol. The number of nitrogens with one attached hydrogen (secondary N) is 1. The van der Waals surface area contributed by atoms with E-state index in [1.807, 2.05) is 13.0 Å². The molecule has 2 atom stereocenters. The summed E-state index contributed by atoms with van der Waals surface area (Å²) in [6.45, 7) is 19.6. The molecule has 6 heteroatoms. The predicted molar refractivity (Wildman–Crippen MR) is 165 cm³/mol. The Hall–Kier alpha value is -2.41. The Labute approximate surface area is 238 Å². The summed E-state index contributed by atoms with van der Waals surface area (Å²) in [6.07, 6.45) is 20.9. The van der Waals surface area contributed by atoms with Gasteiger partial charge in [-0.2, -0.15) is 0 Å². The largest absolute Gasteiger partial charge is 0.321 e. The number of hydrogen-bond donors (Lipinski definition) is 2. The van der Waals surface area contributed by atoms with Crippen molar-refractivity contribution in [2.24, 2.45) is 5.84 Å². The monoisotopic (exact) mass is 535 g/mol. The molecule has 2 aliphatic heterocycles. The van der Waals surface area contributed by atoms with Crippen LogP contribution in [0.4, 0.5) is 4.79 Å². The molecule has 0 saturated carbocycles. The maximum atomic E-state index is 13.1. The van der Waals surface area contributed by atoms with E-state index in [0.717, 1.165) is 76.7 Å². The molecule has 39 heavy (non-hydrogen) atoms. The highest BCUT2D eigenvalue weighted by atomic mass is 16.2. The first-order valence-electron chi connectivity index (χ1n) is 15.1. The molecule has 216 valence electrons. The number of amides is 2. The van der Waals surface area contributed by atoms with Crippen molar-refractivity contribution < 1.29 is 4.79 Å². The van der Waals surface area contributed by atoms with Gasteiger partial charge in [-0.25, -0.2) is 9.80 Å². The fourth-order valence-electron chi connectivity index (χ4n) is 6.36. The molecule has 2 heterocycles. The minimum absolute atomic E-state index is 0.0261. The lowest BCUT2D eigenvalue weighted by atomic mass is 9.97. The second-order valence-corrected chi connectivity index (χ2v) is 11.8. The van der Waals surface area contributed by atoms with Crippen molar-refractivity contribution in [1.82, 2.24) is 20.1 Å². The van der Waals surface area contributed by atoms with E-state index in [4.69, 9.17) is 5.84 Å². The van der Waals surface area contributed by atoms with Crippen molar-refractivity contribution in [2.75, 3.05) is 19.6 Å². The molecule has 1 unspecified atom stereocenters. The third-order valence-electron chi connectivity index (χ3n) is 8.92. The van der Waals surface area contributed by atoms with Crippen molar-refractivity contribution >= 4 is 6.03 Å². The van der Waals surface area contributed by atoms with Gasteiger partial charge in [0.15, 0.2) is 0 Å². The van der Waals surface area contributed by atoms with E-state index in [-0.39, 0.29) is 23.8 Å². The van der Waals surface area contributed by atoms with Crippen molar-refractivity contribution in [1.29, 1.82) is 0 Å². The van der Waals surface area contributed by atoms with Crippen LogP contribution in [0.2, 0.25) is 0 Å². The molecule has 1 fully saturated rings.